The van der Waals surface area contributed by atoms with Crippen LogP contribution in [0.4, 0.5) is 0 Å². The molecule has 4 heteroatoms. The van der Waals surface area contributed by atoms with Crippen molar-refractivity contribution in [1.82, 2.24) is 5.32 Å². The molecule has 1 aromatic carbocycles. The van der Waals surface area contributed by atoms with Crippen LogP contribution in [-0.2, 0) is 11.2 Å². The number of aliphatic hydroxyl groups excluding tert-OH is 2. The average Bonchev–Trinajstić information content (AvgIpc) is 2.43. The smallest absolute Gasteiger partial charge is 0.249 e. The van der Waals surface area contributed by atoms with Crippen molar-refractivity contribution in [3.63, 3.8) is 0 Å². The first-order valence-corrected chi connectivity index (χ1v) is 6.58. The highest BCUT2D eigenvalue weighted by molar-refractivity contribution is 5.81. The van der Waals surface area contributed by atoms with Crippen LogP contribution in [-0.4, -0.2) is 35.4 Å². The Morgan fingerprint density at radius 3 is 2.53 bits per heavy atom. The van der Waals surface area contributed by atoms with Crippen LogP contribution in [0.15, 0.2) is 30.3 Å². The molecule has 0 saturated carbocycles. The minimum atomic E-state index is -1.19. The Morgan fingerprint density at radius 1 is 1.32 bits per heavy atom. The lowest BCUT2D eigenvalue weighted by Crippen LogP contribution is -2.45. The van der Waals surface area contributed by atoms with Crippen LogP contribution in [0.5, 0.6) is 0 Å². The molecule has 1 rings (SSSR count). The van der Waals surface area contributed by atoms with Crippen molar-refractivity contribution in [2.45, 2.75) is 32.8 Å². The van der Waals surface area contributed by atoms with Gasteiger partial charge in [0.25, 0.3) is 0 Å². The molecule has 0 aliphatic heterocycles. The predicted octanol–water partition coefficient (Wildman–Crippen LogP) is 1.11. The summed E-state index contributed by atoms with van der Waals surface area (Å²) < 4.78 is 0. The molecule has 19 heavy (non-hydrogen) atoms. The second kappa shape index (κ2) is 7.26. The Bertz CT molecular complexity index is 390. The number of hydrogen-bond donors (Lipinski definition) is 3. The zero-order chi connectivity index (χ0) is 14.3. The molecule has 1 atom stereocenters. The fraction of sp³-hybridized carbons (Fsp3) is 0.533. The third kappa shape index (κ3) is 5.01. The normalized spacial score (nSPS) is 13.1. The van der Waals surface area contributed by atoms with E-state index in [4.69, 9.17) is 5.11 Å². The molecular weight excluding hydrogens is 242 g/mol. The molecule has 0 radical (unpaired) electrons. The van der Waals surface area contributed by atoms with Crippen LogP contribution >= 0.6 is 0 Å². The van der Waals surface area contributed by atoms with E-state index < -0.39 is 17.4 Å². The van der Waals surface area contributed by atoms with Gasteiger partial charge in [0.05, 0.1) is 6.61 Å². The summed E-state index contributed by atoms with van der Waals surface area (Å²) in [7, 11) is 0. The van der Waals surface area contributed by atoms with Gasteiger partial charge in [0.1, 0.15) is 6.10 Å². The van der Waals surface area contributed by atoms with Crippen molar-refractivity contribution in [3.8, 4) is 0 Å². The summed E-state index contributed by atoms with van der Waals surface area (Å²) in [5.74, 6) is -0.424. The summed E-state index contributed by atoms with van der Waals surface area (Å²) in [6, 6.07) is 10.0. The molecular formula is C15H23NO3. The first-order chi connectivity index (χ1) is 8.97. The molecule has 3 N–H and O–H groups in total. The molecule has 1 amide bonds. The maximum absolute atomic E-state index is 11.7. The number of nitrogens with one attached hydrogen (secondary N) is 1. The van der Waals surface area contributed by atoms with Gasteiger partial charge in [-0.25, -0.2) is 0 Å². The first-order valence-electron chi connectivity index (χ1n) is 6.58. The predicted molar refractivity (Wildman–Crippen MR) is 74.6 cm³/mol. The van der Waals surface area contributed by atoms with E-state index in [1.807, 2.05) is 30.3 Å². The highest BCUT2D eigenvalue weighted by atomic mass is 16.3. The number of rotatable bonds is 7. The molecule has 0 heterocycles. The number of carbonyl (C=O) groups excluding carboxylic acids is 1. The van der Waals surface area contributed by atoms with E-state index in [1.54, 1.807) is 13.8 Å². The van der Waals surface area contributed by atoms with E-state index in [0.29, 0.717) is 6.54 Å². The molecule has 0 aromatic heterocycles. The molecule has 4 nitrogen and oxygen atoms in total. The summed E-state index contributed by atoms with van der Waals surface area (Å²) in [6.45, 7) is 3.60. The van der Waals surface area contributed by atoms with Crippen LogP contribution in [0.2, 0.25) is 0 Å². The quantitative estimate of drug-likeness (QED) is 0.647. The largest absolute Gasteiger partial charge is 0.396 e. The number of carbonyl (C=O) groups is 1. The van der Waals surface area contributed by atoms with E-state index in [0.717, 1.165) is 12.8 Å². The maximum atomic E-state index is 11.7. The minimum Gasteiger partial charge on any atom is -0.396 e. The van der Waals surface area contributed by atoms with Crippen LogP contribution in [0.3, 0.4) is 0 Å². The summed E-state index contributed by atoms with van der Waals surface area (Å²) in [5.41, 5.74) is 0.414. The third-order valence-corrected chi connectivity index (χ3v) is 3.18. The van der Waals surface area contributed by atoms with E-state index >= 15 is 0 Å². The second-order valence-corrected chi connectivity index (χ2v) is 5.43. The van der Waals surface area contributed by atoms with E-state index in [2.05, 4.69) is 5.32 Å². The highest BCUT2D eigenvalue weighted by Crippen LogP contribution is 2.19. The van der Waals surface area contributed by atoms with Gasteiger partial charge >= 0.3 is 0 Å². The summed E-state index contributed by atoms with van der Waals surface area (Å²) in [6.07, 6.45) is 0.525. The van der Waals surface area contributed by atoms with Crippen LogP contribution < -0.4 is 5.32 Å². The Kier molecular flexibility index (Phi) is 5.99. The van der Waals surface area contributed by atoms with Gasteiger partial charge in [-0.2, -0.15) is 0 Å². The Hall–Kier alpha value is -1.39. The summed E-state index contributed by atoms with van der Waals surface area (Å²) in [4.78, 5) is 11.7. The standard InChI is InChI=1S/C15H23NO3/c1-15(2,11-17)13(18)14(19)16-10-6-9-12-7-4-3-5-8-12/h3-5,7-8,13,17-18H,6,9-11H2,1-2H3,(H,16,19)/t13-/m1/s1. The Labute approximate surface area is 114 Å². The first kappa shape index (κ1) is 15.7. The van der Waals surface area contributed by atoms with E-state index in [-0.39, 0.29) is 6.61 Å². The van der Waals surface area contributed by atoms with Crippen molar-refractivity contribution in [3.05, 3.63) is 35.9 Å². The average molecular weight is 265 g/mol. The maximum Gasteiger partial charge on any atom is 0.249 e. The van der Waals surface area contributed by atoms with Crippen LogP contribution in [0.25, 0.3) is 0 Å². The van der Waals surface area contributed by atoms with Gasteiger partial charge in [-0.05, 0) is 18.4 Å². The van der Waals surface area contributed by atoms with Gasteiger partial charge in [-0.15, -0.1) is 0 Å². The number of aryl methyl sites for hydroxylation is 1. The molecule has 106 valence electrons. The molecule has 0 saturated heterocycles. The number of hydrogen-bond acceptors (Lipinski definition) is 3. The minimum absolute atomic E-state index is 0.231. The fourth-order valence-electron chi connectivity index (χ4n) is 1.69. The molecule has 0 aliphatic rings. The van der Waals surface area contributed by atoms with Gasteiger partial charge in [0, 0.05) is 12.0 Å². The zero-order valence-corrected chi connectivity index (χ0v) is 11.6. The van der Waals surface area contributed by atoms with E-state index in [1.165, 1.54) is 5.56 Å². The number of aliphatic hydroxyl groups is 2. The van der Waals surface area contributed by atoms with Crippen LogP contribution in [0.1, 0.15) is 25.8 Å². The number of benzene rings is 1. The number of amides is 1. The lowest BCUT2D eigenvalue weighted by atomic mass is 9.87. The lowest BCUT2D eigenvalue weighted by molar-refractivity contribution is -0.137. The van der Waals surface area contributed by atoms with Gasteiger partial charge in [0.15, 0.2) is 0 Å². The Morgan fingerprint density at radius 2 is 1.95 bits per heavy atom. The Balaban J connectivity index is 2.28. The molecule has 0 bridgehead atoms. The topological polar surface area (TPSA) is 69.6 Å². The molecule has 1 aromatic rings. The van der Waals surface area contributed by atoms with Gasteiger partial charge < -0.3 is 15.5 Å². The monoisotopic (exact) mass is 265 g/mol. The summed E-state index contributed by atoms with van der Waals surface area (Å²) in [5, 5.41) is 21.6. The van der Waals surface area contributed by atoms with Crippen molar-refractivity contribution in [1.29, 1.82) is 0 Å². The van der Waals surface area contributed by atoms with Gasteiger partial charge in [-0.3, -0.25) is 4.79 Å². The van der Waals surface area contributed by atoms with Crippen molar-refractivity contribution in [2.75, 3.05) is 13.2 Å². The van der Waals surface area contributed by atoms with Crippen molar-refractivity contribution in [2.24, 2.45) is 5.41 Å². The lowest BCUT2D eigenvalue weighted by Gasteiger charge is -2.27. The third-order valence-electron chi connectivity index (χ3n) is 3.18. The summed E-state index contributed by atoms with van der Waals surface area (Å²) >= 11 is 0. The molecule has 0 spiro atoms. The zero-order valence-electron chi connectivity index (χ0n) is 11.6. The van der Waals surface area contributed by atoms with Gasteiger partial charge in [-0.1, -0.05) is 44.2 Å². The highest BCUT2D eigenvalue weighted by Gasteiger charge is 2.32. The molecule has 0 aliphatic carbocycles. The van der Waals surface area contributed by atoms with Crippen molar-refractivity contribution >= 4 is 5.91 Å². The fourth-order valence-corrected chi connectivity index (χ4v) is 1.69. The molecule has 0 fully saturated rings. The van der Waals surface area contributed by atoms with Gasteiger partial charge in [0.2, 0.25) is 5.91 Å². The van der Waals surface area contributed by atoms with E-state index in [9.17, 15) is 9.90 Å². The second-order valence-electron chi connectivity index (χ2n) is 5.43. The molecule has 0 unspecified atom stereocenters. The SMILES string of the molecule is CC(C)(CO)[C@H](O)C(=O)NCCCc1ccccc1. The van der Waals surface area contributed by atoms with Crippen LogP contribution in [0, 0.1) is 5.41 Å². The van der Waals surface area contributed by atoms with Crippen molar-refractivity contribution < 1.29 is 15.0 Å².